The van der Waals surface area contributed by atoms with Gasteiger partial charge < -0.3 is 9.64 Å². The van der Waals surface area contributed by atoms with Crippen LogP contribution < -0.4 is 4.74 Å². The lowest BCUT2D eigenvalue weighted by Crippen LogP contribution is -2.48. The van der Waals surface area contributed by atoms with Gasteiger partial charge in [-0.25, -0.2) is 4.98 Å². The minimum atomic E-state index is 0.0591. The van der Waals surface area contributed by atoms with Crippen molar-refractivity contribution in [2.45, 2.75) is 43.9 Å². The van der Waals surface area contributed by atoms with E-state index in [-0.39, 0.29) is 12.0 Å². The molecule has 2 saturated heterocycles. The van der Waals surface area contributed by atoms with E-state index in [9.17, 15) is 4.79 Å². The van der Waals surface area contributed by atoms with Gasteiger partial charge in [0.15, 0.2) is 0 Å². The van der Waals surface area contributed by atoms with Crippen LogP contribution in [0.4, 0.5) is 0 Å². The molecule has 2 aliphatic heterocycles. The van der Waals surface area contributed by atoms with E-state index in [0.717, 1.165) is 25.7 Å². The maximum absolute atomic E-state index is 11.8. The molecule has 1 amide bonds. The van der Waals surface area contributed by atoms with Crippen LogP contribution in [0.2, 0.25) is 0 Å². The average Bonchev–Trinajstić information content (AvgIpc) is 2.71. The molecule has 2 fully saturated rings. The Kier molecular flexibility index (Phi) is 3.23. The predicted molar refractivity (Wildman–Crippen MR) is 71.7 cm³/mol. The number of pyridine rings is 1. The van der Waals surface area contributed by atoms with E-state index in [0.29, 0.717) is 18.0 Å². The zero-order valence-corrected chi connectivity index (χ0v) is 10.9. The summed E-state index contributed by atoms with van der Waals surface area (Å²) in [7, 11) is 0. The van der Waals surface area contributed by atoms with Crippen molar-refractivity contribution in [3.8, 4) is 5.88 Å². The molecule has 0 N–H and O–H groups in total. The zero-order chi connectivity index (χ0) is 13.2. The Morgan fingerprint density at radius 2 is 2.11 bits per heavy atom. The Bertz CT molecular complexity index is 460. The Balaban J connectivity index is 1.67. The third kappa shape index (κ3) is 2.35. The van der Waals surface area contributed by atoms with Crippen LogP contribution >= 0.6 is 0 Å². The molecule has 2 bridgehead atoms. The highest BCUT2D eigenvalue weighted by Gasteiger charge is 2.43. The number of hydrogen-bond acceptors (Lipinski definition) is 3. The van der Waals surface area contributed by atoms with E-state index in [2.05, 4.69) is 11.6 Å². The summed E-state index contributed by atoms with van der Waals surface area (Å²) in [6.45, 7) is 3.59. The molecule has 3 heterocycles. The number of piperidine rings is 1. The van der Waals surface area contributed by atoms with E-state index in [4.69, 9.17) is 4.74 Å². The lowest BCUT2D eigenvalue weighted by atomic mass is 9.99. The minimum absolute atomic E-state index is 0.0591. The largest absolute Gasteiger partial charge is 0.474 e. The van der Waals surface area contributed by atoms with Crippen LogP contribution in [0.15, 0.2) is 37.1 Å². The van der Waals surface area contributed by atoms with Gasteiger partial charge in [-0.3, -0.25) is 4.79 Å². The SMILES string of the molecule is C=CC(=O)N1C2CC[C@H]1CC(Oc1ccccn1)C2. The number of ether oxygens (including phenoxy) is 1. The van der Waals surface area contributed by atoms with Gasteiger partial charge in [0.25, 0.3) is 0 Å². The normalized spacial score (nSPS) is 29.1. The van der Waals surface area contributed by atoms with Crippen molar-refractivity contribution in [1.82, 2.24) is 9.88 Å². The van der Waals surface area contributed by atoms with Crippen LogP contribution in [0.1, 0.15) is 25.7 Å². The van der Waals surface area contributed by atoms with Crippen molar-refractivity contribution in [3.05, 3.63) is 37.1 Å². The summed E-state index contributed by atoms with van der Waals surface area (Å²) in [5.41, 5.74) is 0. The number of aromatic nitrogens is 1. The molecule has 0 aromatic carbocycles. The van der Waals surface area contributed by atoms with E-state index in [1.807, 2.05) is 23.1 Å². The molecule has 3 atom stereocenters. The summed E-state index contributed by atoms with van der Waals surface area (Å²) >= 11 is 0. The van der Waals surface area contributed by atoms with Crippen molar-refractivity contribution >= 4 is 5.91 Å². The summed E-state index contributed by atoms with van der Waals surface area (Å²) in [6.07, 6.45) is 7.27. The summed E-state index contributed by atoms with van der Waals surface area (Å²) in [4.78, 5) is 18.0. The molecular weight excluding hydrogens is 240 g/mol. The highest BCUT2D eigenvalue weighted by Crippen LogP contribution is 2.37. The highest BCUT2D eigenvalue weighted by atomic mass is 16.5. The number of fused-ring (bicyclic) bond motifs is 2. The van der Waals surface area contributed by atoms with Gasteiger partial charge >= 0.3 is 0 Å². The smallest absolute Gasteiger partial charge is 0.246 e. The predicted octanol–water partition coefficient (Wildman–Crippen LogP) is 2.17. The molecule has 3 rings (SSSR count). The third-order valence-electron chi connectivity index (χ3n) is 4.04. The zero-order valence-electron chi connectivity index (χ0n) is 10.9. The number of rotatable bonds is 3. The van der Waals surface area contributed by atoms with Gasteiger partial charge in [0.2, 0.25) is 11.8 Å². The van der Waals surface area contributed by atoms with Gasteiger partial charge in [-0.1, -0.05) is 12.6 Å². The third-order valence-corrected chi connectivity index (χ3v) is 4.04. The standard InChI is InChI=1S/C15H18N2O2/c1-2-15(18)17-11-6-7-12(17)10-13(9-11)19-14-5-3-4-8-16-14/h2-5,8,11-13H,1,6-7,9-10H2/t11-,12?,13?/m0/s1. The minimum Gasteiger partial charge on any atom is -0.474 e. The van der Waals surface area contributed by atoms with Crippen LogP contribution in [0.3, 0.4) is 0 Å². The molecule has 19 heavy (non-hydrogen) atoms. The molecule has 4 nitrogen and oxygen atoms in total. The summed E-state index contributed by atoms with van der Waals surface area (Å²) in [5.74, 6) is 0.735. The van der Waals surface area contributed by atoms with Gasteiger partial charge in [0.05, 0.1) is 0 Å². The van der Waals surface area contributed by atoms with E-state index in [1.54, 1.807) is 6.20 Å². The van der Waals surface area contributed by atoms with E-state index >= 15 is 0 Å². The second-order valence-corrected chi connectivity index (χ2v) is 5.21. The van der Waals surface area contributed by atoms with Crippen molar-refractivity contribution in [2.24, 2.45) is 0 Å². The molecule has 0 radical (unpaired) electrons. The van der Waals surface area contributed by atoms with Crippen molar-refractivity contribution < 1.29 is 9.53 Å². The summed E-state index contributed by atoms with van der Waals surface area (Å²) in [6, 6.07) is 6.29. The lowest BCUT2D eigenvalue weighted by molar-refractivity contribution is -0.131. The van der Waals surface area contributed by atoms with Gasteiger partial charge in [0, 0.05) is 37.2 Å². The highest BCUT2D eigenvalue weighted by molar-refractivity contribution is 5.87. The summed E-state index contributed by atoms with van der Waals surface area (Å²) < 4.78 is 5.92. The Morgan fingerprint density at radius 3 is 2.68 bits per heavy atom. The van der Waals surface area contributed by atoms with Crippen LogP contribution in [0.5, 0.6) is 5.88 Å². The van der Waals surface area contributed by atoms with Gasteiger partial charge in [-0.05, 0) is 25.0 Å². The van der Waals surface area contributed by atoms with Crippen LogP contribution in [-0.2, 0) is 4.79 Å². The number of amides is 1. The lowest BCUT2D eigenvalue weighted by Gasteiger charge is -2.38. The summed E-state index contributed by atoms with van der Waals surface area (Å²) in [5, 5.41) is 0. The molecule has 4 heteroatoms. The van der Waals surface area contributed by atoms with Crippen molar-refractivity contribution in [3.63, 3.8) is 0 Å². The molecule has 2 unspecified atom stereocenters. The first-order valence-electron chi connectivity index (χ1n) is 6.80. The second kappa shape index (κ2) is 5.03. The first-order valence-corrected chi connectivity index (χ1v) is 6.80. The van der Waals surface area contributed by atoms with Gasteiger partial charge in [-0.2, -0.15) is 0 Å². The second-order valence-electron chi connectivity index (χ2n) is 5.21. The fourth-order valence-corrected chi connectivity index (χ4v) is 3.28. The Labute approximate surface area is 113 Å². The fraction of sp³-hybridized carbons (Fsp3) is 0.467. The average molecular weight is 258 g/mol. The maximum Gasteiger partial charge on any atom is 0.246 e. The first kappa shape index (κ1) is 12.2. The molecular formula is C15H18N2O2. The van der Waals surface area contributed by atoms with Crippen molar-refractivity contribution in [2.75, 3.05) is 0 Å². The van der Waals surface area contributed by atoms with Crippen LogP contribution in [-0.4, -0.2) is 34.0 Å². The molecule has 1 aromatic heterocycles. The first-order chi connectivity index (χ1) is 9.28. The number of carbonyl (C=O) groups is 1. The van der Waals surface area contributed by atoms with Crippen LogP contribution in [0, 0.1) is 0 Å². The molecule has 0 spiro atoms. The Morgan fingerprint density at radius 1 is 1.37 bits per heavy atom. The molecule has 0 saturated carbocycles. The van der Waals surface area contributed by atoms with E-state index < -0.39 is 0 Å². The molecule has 0 aliphatic carbocycles. The number of carbonyl (C=O) groups excluding carboxylic acids is 1. The monoisotopic (exact) mass is 258 g/mol. The van der Waals surface area contributed by atoms with Gasteiger partial charge in [-0.15, -0.1) is 0 Å². The van der Waals surface area contributed by atoms with Crippen LogP contribution in [0.25, 0.3) is 0 Å². The maximum atomic E-state index is 11.8. The Hall–Kier alpha value is -1.84. The molecule has 1 aromatic rings. The number of nitrogens with zero attached hydrogens (tertiary/aromatic N) is 2. The van der Waals surface area contributed by atoms with Crippen molar-refractivity contribution in [1.29, 1.82) is 0 Å². The molecule has 100 valence electrons. The quantitative estimate of drug-likeness (QED) is 0.780. The molecule has 2 aliphatic rings. The van der Waals surface area contributed by atoms with Gasteiger partial charge in [0.1, 0.15) is 6.10 Å². The topological polar surface area (TPSA) is 42.4 Å². The van der Waals surface area contributed by atoms with E-state index in [1.165, 1.54) is 6.08 Å². The fourth-order valence-electron chi connectivity index (χ4n) is 3.28. The number of hydrogen-bond donors (Lipinski definition) is 0.